The van der Waals surface area contributed by atoms with E-state index in [4.69, 9.17) is 17.3 Å². The Hall–Kier alpha value is -1.92. The molecule has 0 spiro atoms. The van der Waals surface area contributed by atoms with Crippen LogP contribution in [0.2, 0.25) is 5.15 Å². The zero-order valence-electron chi connectivity index (χ0n) is 12.1. The van der Waals surface area contributed by atoms with Gasteiger partial charge in [0.2, 0.25) is 0 Å². The molecule has 0 aliphatic carbocycles. The van der Waals surface area contributed by atoms with E-state index in [9.17, 15) is 9.18 Å². The summed E-state index contributed by atoms with van der Waals surface area (Å²) in [4.78, 5) is 16.9. The minimum atomic E-state index is -0.536. The van der Waals surface area contributed by atoms with Gasteiger partial charge in [0, 0.05) is 33.7 Å². The minimum absolute atomic E-state index is 0.0139. The average Bonchev–Trinajstić information content (AvgIpc) is 2.51. The van der Waals surface area contributed by atoms with Crippen molar-refractivity contribution in [3.05, 3.63) is 56.3 Å². The van der Waals surface area contributed by atoms with E-state index in [0.717, 1.165) is 5.39 Å². The van der Waals surface area contributed by atoms with E-state index in [1.54, 1.807) is 22.9 Å². The van der Waals surface area contributed by atoms with Crippen LogP contribution in [0.25, 0.3) is 22.0 Å². The highest BCUT2D eigenvalue weighted by Crippen LogP contribution is 2.31. The van der Waals surface area contributed by atoms with Gasteiger partial charge in [0.1, 0.15) is 11.0 Å². The molecule has 2 heterocycles. The third-order valence-corrected chi connectivity index (χ3v) is 4.50. The molecule has 1 aromatic carbocycles. The van der Waals surface area contributed by atoms with Gasteiger partial charge in [0.25, 0.3) is 5.56 Å². The van der Waals surface area contributed by atoms with Crippen LogP contribution in [0.3, 0.4) is 0 Å². The van der Waals surface area contributed by atoms with Crippen LogP contribution in [0.5, 0.6) is 0 Å². The van der Waals surface area contributed by atoms with Crippen LogP contribution in [0.15, 0.2) is 39.7 Å². The lowest BCUT2D eigenvalue weighted by atomic mass is 10.0. The molecule has 0 bridgehead atoms. The number of aryl methyl sites for hydroxylation is 1. The summed E-state index contributed by atoms with van der Waals surface area (Å²) >= 11 is 9.22. The van der Waals surface area contributed by atoms with Crippen LogP contribution in [-0.2, 0) is 6.54 Å². The Labute approximate surface area is 144 Å². The summed E-state index contributed by atoms with van der Waals surface area (Å²) in [6.07, 6.45) is 1.60. The number of fused-ring (bicyclic) bond motifs is 1. The predicted molar refractivity (Wildman–Crippen MR) is 94.2 cm³/mol. The first-order chi connectivity index (χ1) is 10.9. The van der Waals surface area contributed by atoms with Gasteiger partial charge < -0.3 is 10.3 Å². The number of hydrogen-bond acceptors (Lipinski definition) is 3. The fourth-order valence-electron chi connectivity index (χ4n) is 2.53. The van der Waals surface area contributed by atoms with Gasteiger partial charge in [0.15, 0.2) is 0 Å². The number of hydrogen-bond donors (Lipinski definition) is 1. The van der Waals surface area contributed by atoms with Crippen molar-refractivity contribution in [1.82, 2.24) is 9.55 Å². The van der Waals surface area contributed by atoms with Crippen LogP contribution in [0.4, 0.5) is 10.1 Å². The molecule has 0 aliphatic rings. The zero-order valence-corrected chi connectivity index (χ0v) is 14.4. The number of anilines is 1. The van der Waals surface area contributed by atoms with Crippen molar-refractivity contribution < 1.29 is 4.39 Å². The molecule has 2 N–H and O–H groups in total. The van der Waals surface area contributed by atoms with Gasteiger partial charge in [-0.3, -0.25) is 4.79 Å². The Bertz CT molecular complexity index is 987. The van der Waals surface area contributed by atoms with E-state index >= 15 is 0 Å². The van der Waals surface area contributed by atoms with Crippen molar-refractivity contribution in [2.45, 2.75) is 13.5 Å². The second-order valence-corrected chi connectivity index (χ2v) is 6.27. The van der Waals surface area contributed by atoms with Crippen LogP contribution >= 0.6 is 27.5 Å². The number of pyridine rings is 2. The summed E-state index contributed by atoms with van der Waals surface area (Å²) in [7, 11) is 0. The largest absolute Gasteiger partial charge is 0.396 e. The highest BCUT2D eigenvalue weighted by Gasteiger charge is 2.15. The standard InChI is InChI=1S/C16H12BrClFN3O/c1-2-22-14-6-15(18)21-7-8(14)3-10(16(22)23)9-4-13(20)12(19)5-11(9)17/h3-7H,2,20H2,1H3. The normalized spacial score (nSPS) is 11.1. The SMILES string of the molecule is CCn1c(=O)c(-c2cc(N)c(F)cc2Br)cc2cnc(Cl)cc21. The lowest BCUT2D eigenvalue weighted by molar-refractivity contribution is 0.632. The quantitative estimate of drug-likeness (QED) is 0.521. The van der Waals surface area contributed by atoms with Crippen molar-refractivity contribution in [1.29, 1.82) is 0 Å². The van der Waals surface area contributed by atoms with E-state index in [1.165, 1.54) is 12.1 Å². The third kappa shape index (κ3) is 2.72. The van der Waals surface area contributed by atoms with Crippen molar-refractivity contribution in [2.24, 2.45) is 0 Å². The van der Waals surface area contributed by atoms with Crippen LogP contribution < -0.4 is 11.3 Å². The summed E-state index contributed by atoms with van der Waals surface area (Å²) in [5.41, 5.74) is 7.09. The van der Waals surface area contributed by atoms with Gasteiger partial charge >= 0.3 is 0 Å². The molecule has 0 unspecified atom stereocenters. The molecule has 2 aromatic heterocycles. The maximum atomic E-state index is 13.6. The lowest BCUT2D eigenvalue weighted by Gasteiger charge is -2.13. The number of benzene rings is 1. The van der Waals surface area contributed by atoms with Gasteiger partial charge in [0.05, 0.1) is 11.2 Å². The van der Waals surface area contributed by atoms with E-state index in [-0.39, 0.29) is 11.2 Å². The molecule has 0 amide bonds. The number of nitrogens with two attached hydrogens (primary N) is 1. The minimum Gasteiger partial charge on any atom is -0.396 e. The number of halogens is 3. The topological polar surface area (TPSA) is 60.9 Å². The second kappa shape index (κ2) is 5.94. The summed E-state index contributed by atoms with van der Waals surface area (Å²) in [5.74, 6) is -0.536. The van der Waals surface area contributed by atoms with Gasteiger partial charge in [-0.15, -0.1) is 0 Å². The van der Waals surface area contributed by atoms with Gasteiger partial charge in [-0.25, -0.2) is 9.37 Å². The number of rotatable bonds is 2. The molecule has 0 radical (unpaired) electrons. The van der Waals surface area contributed by atoms with E-state index in [0.29, 0.717) is 32.8 Å². The zero-order chi connectivity index (χ0) is 16.7. The Balaban J connectivity index is 2.39. The first-order valence-electron chi connectivity index (χ1n) is 6.86. The molecule has 0 fully saturated rings. The fourth-order valence-corrected chi connectivity index (χ4v) is 3.21. The molecule has 0 saturated heterocycles. The third-order valence-electron chi connectivity index (χ3n) is 3.64. The Kier molecular flexibility index (Phi) is 4.12. The van der Waals surface area contributed by atoms with Crippen LogP contribution in [0.1, 0.15) is 6.92 Å². The number of nitrogens with zero attached hydrogens (tertiary/aromatic N) is 2. The van der Waals surface area contributed by atoms with Crippen LogP contribution in [-0.4, -0.2) is 9.55 Å². The molecule has 4 nitrogen and oxygen atoms in total. The molecule has 0 saturated carbocycles. The number of nitrogen functional groups attached to an aromatic ring is 1. The number of aromatic nitrogens is 2. The van der Waals surface area contributed by atoms with Crippen molar-refractivity contribution >= 4 is 44.1 Å². The van der Waals surface area contributed by atoms with Crippen molar-refractivity contribution in [3.63, 3.8) is 0 Å². The molecule has 7 heteroatoms. The molecule has 118 valence electrons. The smallest absolute Gasteiger partial charge is 0.258 e. The Morgan fingerprint density at radius 1 is 1.30 bits per heavy atom. The van der Waals surface area contributed by atoms with Crippen LogP contribution in [0, 0.1) is 5.82 Å². The molecule has 3 aromatic rings. The molecular weight excluding hydrogens is 385 g/mol. The summed E-state index contributed by atoms with van der Waals surface area (Å²) < 4.78 is 15.6. The summed E-state index contributed by atoms with van der Waals surface area (Å²) in [5, 5.41) is 1.08. The lowest BCUT2D eigenvalue weighted by Crippen LogP contribution is -2.21. The molecular formula is C16H12BrClFN3O. The Morgan fingerprint density at radius 3 is 2.74 bits per heavy atom. The summed E-state index contributed by atoms with van der Waals surface area (Å²) in [6.45, 7) is 2.34. The van der Waals surface area contributed by atoms with E-state index in [2.05, 4.69) is 20.9 Å². The highest BCUT2D eigenvalue weighted by atomic mass is 79.9. The van der Waals surface area contributed by atoms with Gasteiger partial charge in [-0.2, -0.15) is 0 Å². The maximum Gasteiger partial charge on any atom is 0.258 e. The molecule has 0 atom stereocenters. The average molecular weight is 397 g/mol. The Morgan fingerprint density at radius 2 is 2.04 bits per heavy atom. The monoisotopic (exact) mass is 395 g/mol. The highest BCUT2D eigenvalue weighted by molar-refractivity contribution is 9.10. The second-order valence-electron chi connectivity index (χ2n) is 5.03. The molecule has 3 rings (SSSR count). The molecule has 23 heavy (non-hydrogen) atoms. The first kappa shape index (κ1) is 16.0. The maximum absolute atomic E-state index is 13.6. The predicted octanol–water partition coefficient (Wildman–Crippen LogP) is 4.22. The van der Waals surface area contributed by atoms with Crippen molar-refractivity contribution in [2.75, 3.05) is 5.73 Å². The van der Waals surface area contributed by atoms with E-state index < -0.39 is 5.82 Å². The first-order valence-corrected chi connectivity index (χ1v) is 8.03. The molecule has 0 aliphatic heterocycles. The van der Waals surface area contributed by atoms with Crippen molar-refractivity contribution in [3.8, 4) is 11.1 Å². The van der Waals surface area contributed by atoms with E-state index in [1.807, 2.05) is 6.92 Å². The summed E-state index contributed by atoms with van der Waals surface area (Å²) in [6, 6.07) is 6.07. The van der Waals surface area contributed by atoms with Gasteiger partial charge in [-0.05, 0) is 31.2 Å². The van der Waals surface area contributed by atoms with Gasteiger partial charge in [-0.1, -0.05) is 27.5 Å². The fraction of sp³-hybridized carbons (Fsp3) is 0.125.